The summed E-state index contributed by atoms with van der Waals surface area (Å²) in [6.07, 6.45) is 2.84. The molecular formula is C19H22ClN5O3S. The molecule has 0 spiro atoms. The number of sulfonamides is 1. The molecule has 3 aromatic rings. The number of aryl methyl sites for hydroxylation is 1. The normalized spacial score (nSPS) is 15.7. The van der Waals surface area contributed by atoms with E-state index in [1.807, 2.05) is 12.1 Å². The van der Waals surface area contributed by atoms with E-state index in [0.29, 0.717) is 46.8 Å². The number of hydrogen-bond acceptors (Lipinski definition) is 6. The Bertz CT molecular complexity index is 1130. The van der Waals surface area contributed by atoms with Crippen LogP contribution in [0.5, 0.6) is 0 Å². The van der Waals surface area contributed by atoms with Crippen molar-refractivity contribution in [3.05, 3.63) is 46.6 Å². The Kier molecular flexibility index (Phi) is 5.46. The Morgan fingerprint density at radius 1 is 1.10 bits per heavy atom. The van der Waals surface area contributed by atoms with Crippen molar-refractivity contribution in [2.24, 2.45) is 0 Å². The monoisotopic (exact) mass is 435 g/mol. The zero-order chi connectivity index (χ0) is 20.6. The molecule has 0 amide bonds. The number of halogens is 1. The molecule has 4 rings (SSSR count). The number of rotatable bonds is 5. The van der Waals surface area contributed by atoms with Crippen molar-refractivity contribution >= 4 is 21.6 Å². The van der Waals surface area contributed by atoms with Gasteiger partial charge in [0.25, 0.3) is 0 Å². The second-order valence-corrected chi connectivity index (χ2v) is 9.39. The number of nitrogens with zero attached hydrogens (tertiary/aromatic N) is 5. The summed E-state index contributed by atoms with van der Waals surface area (Å²) in [4.78, 5) is 0.269. The highest BCUT2D eigenvalue weighted by atomic mass is 35.5. The van der Waals surface area contributed by atoms with E-state index < -0.39 is 10.0 Å². The molecule has 0 bridgehead atoms. The Morgan fingerprint density at radius 3 is 2.55 bits per heavy atom. The predicted molar refractivity (Wildman–Crippen MR) is 108 cm³/mol. The fraction of sp³-hybridized carbons (Fsp3) is 0.421. The van der Waals surface area contributed by atoms with E-state index in [0.717, 1.165) is 19.3 Å². The maximum Gasteiger partial charge on any atom is 0.249 e. The molecule has 0 unspecified atom stereocenters. The van der Waals surface area contributed by atoms with Crippen molar-refractivity contribution in [3.8, 4) is 11.5 Å². The molecule has 1 saturated heterocycles. The van der Waals surface area contributed by atoms with Crippen molar-refractivity contribution in [2.45, 2.75) is 44.6 Å². The Labute approximate surface area is 174 Å². The third kappa shape index (κ3) is 3.82. The smallest absolute Gasteiger partial charge is 0.249 e. The van der Waals surface area contributed by atoms with Crippen LogP contribution in [0.4, 0.5) is 0 Å². The molecule has 0 N–H and O–H groups in total. The van der Waals surface area contributed by atoms with E-state index in [9.17, 15) is 8.42 Å². The van der Waals surface area contributed by atoms with Gasteiger partial charge in [0, 0.05) is 13.1 Å². The first kappa shape index (κ1) is 20.1. The van der Waals surface area contributed by atoms with Crippen LogP contribution in [-0.2, 0) is 16.6 Å². The van der Waals surface area contributed by atoms with Gasteiger partial charge in [-0.3, -0.25) is 4.68 Å². The van der Waals surface area contributed by atoms with Gasteiger partial charge in [0.15, 0.2) is 0 Å². The Balaban J connectivity index is 1.61. The van der Waals surface area contributed by atoms with Crippen LogP contribution in [-0.4, -0.2) is 45.8 Å². The molecule has 10 heteroatoms. The van der Waals surface area contributed by atoms with Gasteiger partial charge in [-0.1, -0.05) is 30.2 Å². The molecule has 154 valence electrons. The molecule has 1 aliphatic heterocycles. The van der Waals surface area contributed by atoms with Crippen molar-refractivity contribution in [2.75, 3.05) is 13.1 Å². The Hall–Kier alpha value is -2.23. The van der Waals surface area contributed by atoms with Gasteiger partial charge >= 0.3 is 0 Å². The van der Waals surface area contributed by atoms with Gasteiger partial charge in [0.2, 0.25) is 21.8 Å². The highest BCUT2D eigenvalue weighted by molar-refractivity contribution is 7.89. The van der Waals surface area contributed by atoms with Gasteiger partial charge in [-0.2, -0.15) is 9.40 Å². The van der Waals surface area contributed by atoms with Crippen LogP contribution in [0.25, 0.3) is 11.5 Å². The summed E-state index contributed by atoms with van der Waals surface area (Å²) in [7, 11) is -3.57. The second kappa shape index (κ2) is 7.89. The zero-order valence-electron chi connectivity index (χ0n) is 16.3. The average Bonchev–Trinajstić information content (AvgIpc) is 3.27. The summed E-state index contributed by atoms with van der Waals surface area (Å²) in [6.45, 7) is 4.75. The van der Waals surface area contributed by atoms with Gasteiger partial charge in [-0.05, 0) is 38.8 Å². The number of hydrogen-bond donors (Lipinski definition) is 0. The minimum absolute atomic E-state index is 0.180. The third-order valence-electron chi connectivity index (χ3n) is 5.08. The number of aromatic nitrogens is 4. The molecule has 0 radical (unpaired) electrons. The van der Waals surface area contributed by atoms with Gasteiger partial charge in [-0.25, -0.2) is 8.42 Å². The molecule has 0 atom stereocenters. The van der Waals surface area contributed by atoms with Crippen LogP contribution in [0, 0.1) is 13.8 Å². The minimum atomic E-state index is -3.57. The molecule has 8 nitrogen and oxygen atoms in total. The van der Waals surface area contributed by atoms with Crippen LogP contribution < -0.4 is 0 Å². The maximum absolute atomic E-state index is 13.1. The summed E-state index contributed by atoms with van der Waals surface area (Å²) in [5.74, 6) is 0.640. The highest BCUT2D eigenvalue weighted by Gasteiger charge is 2.32. The van der Waals surface area contributed by atoms with Crippen molar-refractivity contribution in [3.63, 3.8) is 0 Å². The SMILES string of the molecule is Cc1nn(Cc2nnc(-c3ccccc3Cl)o2)c(C)c1S(=O)(=O)N1CCCCC1. The van der Waals surface area contributed by atoms with Gasteiger partial charge < -0.3 is 4.42 Å². The average molecular weight is 436 g/mol. The largest absolute Gasteiger partial charge is 0.419 e. The van der Waals surface area contributed by atoms with E-state index in [2.05, 4.69) is 15.3 Å². The highest BCUT2D eigenvalue weighted by Crippen LogP contribution is 2.28. The van der Waals surface area contributed by atoms with E-state index in [-0.39, 0.29) is 11.4 Å². The van der Waals surface area contributed by atoms with Crippen molar-refractivity contribution in [1.82, 2.24) is 24.3 Å². The predicted octanol–water partition coefficient (Wildman–Crippen LogP) is 3.43. The van der Waals surface area contributed by atoms with Gasteiger partial charge in [0.1, 0.15) is 11.4 Å². The minimum Gasteiger partial charge on any atom is -0.419 e. The zero-order valence-corrected chi connectivity index (χ0v) is 17.9. The maximum atomic E-state index is 13.1. The first-order valence-corrected chi connectivity index (χ1v) is 11.3. The lowest BCUT2D eigenvalue weighted by Crippen LogP contribution is -2.36. The Morgan fingerprint density at radius 2 is 1.83 bits per heavy atom. The second-order valence-electron chi connectivity index (χ2n) is 7.10. The van der Waals surface area contributed by atoms with Gasteiger partial charge in [0.05, 0.1) is 22.0 Å². The molecule has 29 heavy (non-hydrogen) atoms. The molecule has 1 aromatic carbocycles. The van der Waals surface area contributed by atoms with E-state index >= 15 is 0 Å². The first-order valence-electron chi connectivity index (χ1n) is 9.49. The summed E-state index contributed by atoms with van der Waals surface area (Å²) in [6, 6.07) is 7.21. The summed E-state index contributed by atoms with van der Waals surface area (Å²) >= 11 is 6.18. The van der Waals surface area contributed by atoms with Crippen molar-refractivity contribution < 1.29 is 12.8 Å². The summed E-state index contributed by atoms with van der Waals surface area (Å²) < 4.78 is 35.1. The van der Waals surface area contributed by atoms with Crippen LogP contribution in [0.2, 0.25) is 5.02 Å². The quantitative estimate of drug-likeness (QED) is 0.609. The molecule has 3 heterocycles. The lowest BCUT2D eigenvalue weighted by Gasteiger charge is -2.25. The van der Waals surface area contributed by atoms with Crippen molar-refractivity contribution in [1.29, 1.82) is 0 Å². The van der Waals surface area contributed by atoms with Crippen LogP contribution in [0.1, 0.15) is 36.5 Å². The fourth-order valence-electron chi connectivity index (χ4n) is 3.63. The summed E-state index contributed by atoms with van der Waals surface area (Å²) in [5, 5.41) is 13.1. The number of piperidine rings is 1. The fourth-order valence-corrected chi connectivity index (χ4v) is 5.74. The summed E-state index contributed by atoms with van der Waals surface area (Å²) in [5.41, 5.74) is 1.68. The van der Waals surface area contributed by atoms with E-state index in [1.54, 1.807) is 35.0 Å². The van der Waals surface area contributed by atoms with Crippen LogP contribution in [0.15, 0.2) is 33.6 Å². The molecule has 2 aromatic heterocycles. The first-order chi connectivity index (χ1) is 13.9. The van der Waals surface area contributed by atoms with Gasteiger partial charge in [-0.15, -0.1) is 10.2 Å². The van der Waals surface area contributed by atoms with Crippen LogP contribution >= 0.6 is 11.6 Å². The molecular weight excluding hydrogens is 414 g/mol. The molecule has 1 fully saturated rings. The topological polar surface area (TPSA) is 94.1 Å². The number of benzene rings is 1. The molecule has 0 aliphatic carbocycles. The van der Waals surface area contributed by atoms with Crippen LogP contribution in [0.3, 0.4) is 0 Å². The lowest BCUT2D eigenvalue weighted by atomic mass is 10.2. The van der Waals surface area contributed by atoms with E-state index in [4.69, 9.17) is 16.0 Å². The third-order valence-corrected chi connectivity index (χ3v) is 7.57. The van der Waals surface area contributed by atoms with E-state index in [1.165, 1.54) is 0 Å². The molecule has 1 aliphatic rings. The standard InChI is InChI=1S/C19H22ClN5O3S/c1-13-18(29(26,27)24-10-6-3-7-11-24)14(2)25(23-13)12-17-21-22-19(28-17)15-8-4-5-9-16(15)20/h4-5,8-9H,3,6-7,10-12H2,1-2H3. The molecule has 0 saturated carbocycles. The lowest BCUT2D eigenvalue weighted by molar-refractivity contribution is 0.346.